The number of nitrogens with zero attached hydrogens (tertiary/aromatic N) is 2. The summed E-state index contributed by atoms with van der Waals surface area (Å²) in [4.78, 5) is 15.9. The monoisotopic (exact) mass is 282 g/mol. The van der Waals surface area contributed by atoms with Crippen molar-refractivity contribution in [2.24, 2.45) is 0 Å². The van der Waals surface area contributed by atoms with Crippen molar-refractivity contribution in [2.45, 2.75) is 19.8 Å². The summed E-state index contributed by atoms with van der Waals surface area (Å²) in [6.45, 7) is 3.91. The van der Waals surface area contributed by atoms with Crippen LogP contribution < -0.4 is 0 Å². The molecular formula is C16H14N2O3. The maximum atomic E-state index is 11.6. The standard InChI is InChI=1S/C16H14N2O3/c1-9(2)12-8-11(16(19)20)13-14(18-21-15(13)17-12)10-6-4-3-5-7-10/h3-9H,1-2H3,(H,19,20). The normalized spacial score (nSPS) is 11.2. The molecule has 0 aliphatic carbocycles. The summed E-state index contributed by atoms with van der Waals surface area (Å²) in [6, 6.07) is 10.9. The van der Waals surface area contributed by atoms with Crippen molar-refractivity contribution in [3.8, 4) is 11.3 Å². The van der Waals surface area contributed by atoms with E-state index in [-0.39, 0.29) is 17.2 Å². The summed E-state index contributed by atoms with van der Waals surface area (Å²) < 4.78 is 5.26. The molecule has 0 atom stereocenters. The molecule has 0 aliphatic rings. The van der Waals surface area contributed by atoms with Crippen LogP contribution in [0.15, 0.2) is 40.9 Å². The number of rotatable bonds is 3. The Balaban J connectivity index is 2.33. The number of aromatic nitrogens is 2. The van der Waals surface area contributed by atoms with Crippen LogP contribution in [0.1, 0.15) is 35.8 Å². The molecule has 0 saturated heterocycles. The van der Waals surface area contributed by atoms with Gasteiger partial charge >= 0.3 is 5.97 Å². The van der Waals surface area contributed by atoms with Crippen molar-refractivity contribution in [1.82, 2.24) is 10.1 Å². The van der Waals surface area contributed by atoms with Crippen LogP contribution in [-0.4, -0.2) is 21.2 Å². The molecule has 0 unspecified atom stereocenters. The molecule has 0 aliphatic heterocycles. The van der Waals surface area contributed by atoms with Gasteiger partial charge in [0.1, 0.15) is 5.69 Å². The summed E-state index contributed by atoms with van der Waals surface area (Å²) >= 11 is 0. The van der Waals surface area contributed by atoms with Gasteiger partial charge in [0.2, 0.25) is 0 Å². The van der Waals surface area contributed by atoms with Crippen LogP contribution in [0, 0.1) is 0 Å². The Bertz CT molecular complexity index is 807. The van der Waals surface area contributed by atoms with Gasteiger partial charge in [0, 0.05) is 11.3 Å². The van der Waals surface area contributed by atoms with E-state index in [0.29, 0.717) is 16.8 Å². The number of pyridine rings is 1. The average molecular weight is 282 g/mol. The Morgan fingerprint density at radius 1 is 1.24 bits per heavy atom. The maximum absolute atomic E-state index is 11.6. The minimum absolute atomic E-state index is 0.109. The highest BCUT2D eigenvalue weighted by atomic mass is 16.5. The molecule has 3 rings (SSSR count). The van der Waals surface area contributed by atoms with Gasteiger partial charge in [-0.1, -0.05) is 49.3 Å². The number of aromatic carboxylic acids is 1. The van der Waals surface area contributed by atoms with Crippen molar-refractivity contribution in [3.05, 3.63) is 47.7 Å². The van der Waals surface area contributed by atoms with Crippen molar-refractivity contribution < 1.29 is 14.4 Å². The smallest absolute Gasteiger partial charge is 0.336 e. The molecule has 0 saturated carbocycles. The van der Waals surface area contributed by atoms with Crippen LogP contribution >= 0.6 is 0 Å². The van der Waals surface area contributed by atoms with Gasteiger partial charge in [-0.25, -0.2) is 9.78 Å². The lowest BCUT2D eigenvalue weighted by Gasteiger charge is -2.06. The highest BCUT2D eigenvalue weighted by molar-refractivity contribution is 6.06. The van der Waals surface area contributed by atoms with Crippen molar-refractivity contribution in [1.29, 1.82) is 0 Å². The molecule has 21 heavy (non-hydrogen) atoms. The van der Waals surface area contributed by atoms with Crippen LogP contribution in [0.3, 0.4) is 0 Å². The molecule has 1 aromatic carbocycles. The predicted octanol–water partition coefficient (Wildman–Crippen LogP) is 3.71. The van der Waals surface area contributed by atoms with Gasteiger partial charge in [-0.2, -0.15) is 0 Å². The molecule has 0 fully saturated rings. The summed E-state index contributed by atoms with van der Waals surface area (Å²) in [5.74, 6) is -0.901. The highest BCUT2D eigenvalue weighted by Crippen LogP contribution is 2.31. The highest BCUT2D eigenvalue weighted by Gasteiger charge is 2.21. The number of carboxylic acid groups (broad SMARTS) is 1. The van der Waals surface area contributed by atoms with Crippen molar-refractivity contribution in [3.63, 3.8) is 0 Å². The van der Waals surface area contributed by atoms with E-state index in [4.69, 9.17) is 4.52 Å². The Morgan fingerprint density at radius 3 is 2.57 bits per heavy atom. The lowest BCUT2D eigenvalue weighted by molar-refractivity contribution is 0.0698. The quantitative estimate of drug-likeness (QED) is 0.792. The fraction of sp³-hybridized carbons (Fsp3) is 0.188. The second-order valence-corrected chi connectivity index (χ2v) is 5.13. The molecule has 0 spiro atoms. The van der Waals surface area contributed by atoms with Crippen LogP contribution in [0.2, 0.25) is 0 Å². The number of carbonyl (C=O) groups is 1. The average Bonchev–Trinajstić information content (AvgIpc) is 2.90. The third-order valence-electron chi connectivity index (χ3n) is 3.34. The first-order chi connectivity index (χ1) is 10.1. The van der Waals surface area contributed by atoms with Gasteiger partial charge in [0.05, 0.1) is 10.9 Å². The Labute approximate surface area is 121 Å². The van der Waals surface area contributed by atoms with E-state index < -0.39 is 5.97 Å². The summed E-state index contributed by atoms with van der Waals surface area (Å²) in [5.41, 5.74) is 2.42. The third kappa shape index (κ3) is 2.27. The largest absolute Gasteiger partial charge is 0.478 e. The minimum atomic E-state index is -1.01. The number of hydrogen-bond acceptors (Lipinski definition) is 4. The Kier molecular flexibility index (Phi) is 3.17. The van der Waals surface area contributed by atoms with Crippen LogP contribution in [0.5, 0.6) is 0 Å². The molecule has 2 aromatic heterocycles. The Hall–Kier alpha value is -2.69. The molecule has 0 amide bonds. The topological polar surface area (TPSA) is 76.2 Å². The first-order valence-corrected chi connectivity index (χ1v) is 6.67. The number of benzene rings is 1. The van der Waals surface area contributed by atoms with E-state index in [1.807, 2.05) is 44.2 Å². The van der Waals surface area contributed by atoms with E-state index in [1.54, 1.807) is 6.07 Å². The van der Waals surface area contributed by atoms with Gasteiger partial charge in [-0.15, -0.1) is 0 Å². The van der Waals surface area contributed by atoms with Crippen molar-refractivity contribution in [2.75, 3.05) is 0 Å². The zero-order valence-electron chi connectivity index (χ0n) is 11.7. The first-order valence-electron chi connectivity index (χ1n) is 6.67. The van der Waals surface area contributed by atoms with Crippen LogP contribution in [0.25, 0.3) is 22.4 Å². The van der Waals surface area contributed by atoms with Gasteiger partial charge in [-0.05, 0) is 12.0 Å². The lowest BCUT2D eigenvalue weighted by atomic mass is 10.0. The van der Waals surface area contributed by atoms with Gasteiger partial charge < -0.3 is 9.63 Å². The molecule has 5 nitrogen and oxygen atoms in total. The number of fused-ring (bicyclic) bond motifs is 1. The van der Waals surface area contributed by atoms with Gasteiger partial charge in [0.15, 0.2) is 0 Å². The van der Waals surface area contributed by atoms with Crippen LogP contribution in [-0.2, 0) is 0 Å². The van der Waals surface area contributed by atoms with Gasteiger partial charge in [-0.3, -0.25) is 0 Å². The second-order valence-electron chi connectivity index (χ2n) is 5.13. The van der Waals surface area contributed by atoms with E-state index in [0.717, 1.165) is 5.56 Å². The van der Waals surface area contributed by atoms with E-state index in [9.17, 15) is 9.90 Å². The number of carboxylic acids is 1. The summed E-state index contributed by atoms with van der Waals surface area (Å²) in [5, 5.41) is 13.9. The number of hydrogen-bond donors (Lipinski definition) is 1. The zero-order chi connectivity index (χ0) is 15.0. The van der Waals surface area contributed by atoms with E-state index >= 15 is 0 Å². The van der Waals surface area contributed by atoms with Crippen LogP contribution in [0.4, 0.5) is 0 Å². The molecular weight excluding hydrogens is 268 g/mol. The maximum Gasteiger partial charge on any atom is 0.336 e. The first kappa shape index (κ1) is 13.3. The molecule has 2 heterocycles. The fourth-order valence-electron chi connectivity index (χ4n) is 2.23. The van der Waals surface area contributed by atoms with Crippen molar-refractivity contribution >= 4 is 17.1 Å². The predicted molar refractivity (Wildman–Crippen MR) is 78.3 cm³/mol. The molecule has 5 heteroatoms. The van der Waals surface area contributed by atoms with Gasteiger partial charge in [0.25, 0.3) is 5.71 Å². The molecule has 1 N–H and O–H groups in total. The second kappa shape index (κ2) is 5.01. The zero-order valence-corrected chi connectivity index (χ0v) is 11.7. The fourth-order valence-corrected chi connectivity index (χ4v) is 2.23. The molecule has 0 bridgehead atoms. The molecule has 3 aromatic rings. The third-order valence-corrected chi connectivity index (χ3v) is 3.34. The molecule has 106 valence electrons. The van der Waals surface area contributed by atoms with E-state index in [2.05, 4.69) is 10.1 Å². The SMILES string of the molecule is CC(C)c1cc(C(=O)O)c2c(-c3ccccc3)noc2n1. The summed E-state index contributed by atoms with van der Waals surface area (Å²) in [7, 11) is 0. The Morgan fingerprint density at radius 2 is 1.95 bits per heavy atom. The lowest BCUT2D eigenvalue weighted by Crippen LogP contribution is -2.02. The van der Waals surface area contributed by atoms with E-state index in [1.165, 1.54) is 0 Å². The molecule has 0 radical (unpaired) electrons. The summed E-state index contributed by atoms with van der Waals surface area (Å²) in [6.07, 6.45) is 0. The minimum Gasteiger partial charge on any atom is -0.478 e.